The summed E-state index contributed by atoms with van der Waals surface area (Å²) in [6, 6.07) is 6.49. The second-order valence-corrected chi connectivity index (χ2v) is 6.88. The molecule has 0 atom stereocenters. The molecule has 1 N–H and O–H groups in total. The number of aromatic nitrogens is 2. The molecule has 0 saturated heterocycles. The molecule has 25 heavy (non-hydrogen) atoms. The number of hydrogen-bond acceptors (Lipinski definition) is 7. The summed E-state index contributed by atoms with van der Waals surface area (Å²) < 4.78 is 0. The molecule has 0 fully saturated rings. The maximum absolute atomic E-state index is 11.1. The topological polar surface area (TPSA) is 93.3 Å². The molecule has 0 bridgehead atoms. The number of thiophene rings is 1. The highest BCUT2D eigenvalue weighted by Gasteiger charge is 2.19. The van der Waals surface area contributed by atoms with Crippen LogP contribution in [0.2, 0.25) is 0 Å². The van der Waals surface area contributed by atoms with Crippen LogP contribution in [0.3, 0.4) is 0 Å². The number of anilines is 1. The lowest BCUT2D eigenvalue weighted by atomic mass is 9.97. The Hall–Kier alpha value is -2.87. The average Bonchev–Trinajstić information content (AvgIpc) is 3.01. The van der Waals surface area contributed by atoms with Gasteiger partial charge in [0, 0.05) is 10.9 Å². The molecule has 2 heterocycles. The normalized spacial score (nSPS) is 13.9. The van der Waals surface area contributed by atoms with Gasteiger partial charge in [0.15, 0.2) is 5.82 Å². The molecule has 0 radical (unpaired) electrons. The number of nitrogens with one attached hydrogen (secondary N) is 1. The number of aryl methyl sites for hydroxylation is 2. The van der Waals surface area contributed by atoms with E-state index in [0.717, 1.165) is 23.1 Å². The van der Waals surface area contributed by atoms with E-state index in [-0.39, 0.29) is 5.69 Å². The van der Waals surface area contributed by atoms with Crippen LogP contribution in [0.5, 0.6) is 0 Å². The summed E-state index contributed by atoms with van der Waals surface area (Å²) in [5, 5.41) is 16.3. The fraction of sp³-hybridized carbons (Fsp3) is 0.235. The van der Waals surface area contributed by atoms with E-state index in [2.05, 4.69) is 20.5 Å². The van der Waals surface area contributed by atoms with Crippen LogP contribution in [0.1, 0.15) is 28.8 Å². The van der Waals surface area contributed by atoms with E-state index >= 15 is 0 Å². The zero-order valence-electron chi connectivity index (χ0n) is 13.3. The zero-order chi connectivity index (χ0) is 17.2. The maximum Gasteiger partial charge on any atom is 0.278 e. The summed E-state index contributed by atoms with van der Waals surface area (Å²) >= 11 is 1.72. The van der Waals surface area contributed by atoms with Gasteiger partial charge in [-0.3, -0.25) is 15.5 Å². The first-order valence-corrected chi connectivity index (χ1v) is 8.83. The van der Waals surface area contributed by atoms with Crippen molar-refractivity contribution in [2.75, 3.05) is 5.43 Å². The van der Waals surface area contributed by atoms with Crippen molar-refractivity contribution in [3.63, 3.8) is 0 Å². The van der Waals surface area contributed by atoms with Gasteiger partial charge in [-0.15, -0.1) is 11.3 Å². The van der Waals surface area contributed by atoms with Crippen LogP contribution < -0.4 is 5.43 Å². The summed E-state index contributed by atoms with van der Waals surface area (Å²) in [7, 11) is 0. The van der Waals surface area contributed by atoms with Gasteiger partial charge in [0.25, 0.3) is 5.69 Å². The summed E-state index contributed by atoms with van der Waals surface area (Å²) in [4.78, 5) is 21.7. The number of rotatable bonds is 4. The molecule has 0 aliphatic heterocycles. The van der Waals surface area contributed by atoms with Crippen LogP contribution >= 0.6 is 11.3 Å². The Balaban J connectivity index is 1.66. The number of benzene rings is 1. The van der Waals surface area contributed by atoms with E-state index in [1.807, 2.05) is 0 Å². The summed E-state index contributed by atoms with van der Waals surface area (Å²) in [5.74, 6) is 0.652. The molecule has 0 amide bonds. The van der Waals surface area contributed by atoms with Crippen LogP contribution in [-0.2, 0) is 12.8 Å². The van der Waals surface area contributed by atoms with Gasteiger partial charge in [-0.1, -0.05) is 12.1 Å². The van der Waals surface area contributed by atoms with Gasteiger partial charge in [0.1, 0.15) is 11.2 Å². The minimum Gasteiger partial charge on any atom is -0.261 e. The average molecular weight is 353 g/mol. The van der Waals surface area contributed by atoms with Gasteiger partial charge in [0.05, 0.1) is 22.1 Å². The standard InChI is InChI=1S/C17H15N5O2S/c23-22(24)13-7-3-1-5-11(13)9-20-21-16-15-12-6-2-4-8-14(12)25-17(15)19-10-18-16/h1,3,5,7,9-10H,2,4,6,8H2,(H,18,19,21)/b20-9-. The van der Waals surface area contributed by atoms with Crippen molar-refractivity contribution in [1.82, 2.24) is 9.97 Å². The number of nitro benzene ring substituents is 1. The molecule has 3 aromatic rings. The molecular weight excluding hydrogens is 338 g/mol. The maximum atomic E-state index is 11.1. The summed E-state index contributed by atoms with van der Waals surface area (Å²) in [6.45, 7) is 0. The molecule has 126 valence electrons. The smallest absolute Gasteiger partial charge is 0.261 e. The Morgan fingerprint density at radius 3 is 2.96 bits per heavy atom. The second kappa shape index (κ2) is 6.56. The van der Waals surface area contributed by atoms with Gasteiger partial charge in [-0.2, -0.15) is 5.10 Å². The third-order valence-corrected chi connectivity index (χ3v) is 5.46. The minimum atomic E-state index is -0.417. The van der Waals surface area contributed by atoms with Crippen LogP contribution in [0.25, 0.3) is 10.2 Å². The fourth-order valence-electron chi connectivity index (χ4n) is 3.10. The summed E-state index contributed by atoms with van der Waals surface area (Å²) in [5.41, 5.74) is 4.72. The predicted octanol–water partition coefficient (Wildman–Crippen LogP) is 3.92. The Morgan fingerprint density at radius 1 is 1.24 bits per heavy atom. The Labute approximate surface area is 147 Å². The number of hydrogen-bond donors (Lipinski definition) is 1. The molecule has 2 aromatic heterocycles. The van der Waals surface area contributed by atoms with Crippen LogP contribution in [0, 0.1) is 10.1 Å². The lowest BCUT2D eigenvalue weighted by molar-refractivity contribution is -0.385. The van der Waals surface area contributed by atoms with E-state index in [0.29, 0.717) is 11.4 Å². The highest BCUT2D eigenvalue weighted by Crippen LogP contribution is 2.38. The van der Waals surface area contributed by atoms with Crippen molar-refractivity contribution in [3.8, 4) is 0 Å². The van der Waals surface area contributed by atoms with Crippen molar-refractivity contribution in [2.24, 2.45) is 5.10 Å². The van der Waals surface area contributed by atoms with Gasteiger partial charge < -0.3 is 0 Å². The number of nitrogens with zero attached hydrogens (tertiary/aromatic N) is 4. The molecule has 0 spiro atoms. The number of hydrazone groups is 1. The van der Waals surface area contributed by atoms with Gasteiger partial charge in [-0.05, 0) is 37.3 Å². The van der Waals surface area contributed by atoms with Crippen molar-refractivity contribution in [3.05, 3.63) is 56.7 Å². The Morgan fingerprint density at radius 2 is 2.08 bits per heavy atom. The van der Waals surface area contributed by atoms with Gasteiger partial charge in [0.2, 0.25) is 0 Å². The van der Waals surface area contributed by atoms with E-state index in [4.69, 9.17) is 0 Å². The minimum absolute atomic E-state index is 0.0220. The van der Waals surface area contributed by atoms with Crippen molar-refractivity contribution in [2.45, 2.75) is 25.7 Å². The first kappa shape index (κ1) is 15.6. The van der Waals surface area contributed by atoms with Gasteiger partial charge >= 0.3 is 0 Å². The number of fused-ring (bicyclic) bond motifs is 3. The van der Waals surface area contributed by atoms with Crippen LogP contribution in [-0.4, -0.2) is 21.1 Å². The third-order valence-electron chi connectivity index (χ3n) is 4.26. The molecule has 1 aliphatic carbocycles. The lowest BCUT2D eigenvalue weighted by Gasteiger charge is -2.11. The SMILES string of the molecule is O=[N+]([O-])c1ccccc1/C=N\Nc1ncnc2sc3c(c12)CCCC3. The largest absolute Gasteiger partial charge is 0.278 e. The molecule has 1 aliphatic rings. The molecule has 1 aromatic carbocycles. The first-order valence-electron chi connectivity index (χ1n) is 8.02. The van der Waals surface area contributed by atoms with E-state index in [1.165, 1.54) is 41.9 Å². The van der Waals surface area contributed by atoms with E-state index in [9.17, 15) is 10.1 Å². The molecule has 0 unspecified atom stereocenters. The van der Waals surface area contributed by atoms with Crippen molar-refractivity contribution >= 4 is 39.3 Å². The monoisotopic (exact) mass is 353 g/mol. The van der Waals surface area contributed by atoms with Gasteiger partial charge in [-0.25, -0.2) is 9.97 Å². The highest BCUT2D eigenvalue weighted by molar-refractivity contribution is 7.19. The summed E-state index contributed by atoms with van der Waals surface area (Å²) in [6.07, 6.45) is 7.48. The quantitative estimate of drug-likeness (QED) is 0.436. The van der Waals surface area contributed by atoms with Crippen molar-refractivity contribution < 1.29 is 4.92 Å². The van der Waals surface area contributed by atoms with Crippen molar-refractivity contribution in [1.29, 1.82) is 0 Å². The molecule has 4 rings (SSSR count). The zero-order valence-corrected chi connectivity index (χ0v) is 14.1. The van der Waals surface area contributed by atoms with E-state index in [1.54, 1.807) is 29.5 Å². The molecule has 7 nitrogen and oxygen atoms in total. The molecular formula is C17H15N5O2S. The number of para-hydroxylation sites is 1. The second-order valence-electron chi connectivity index (χ2n) is 5.80. The highest BCUT2D eigenvalue weighted by atomic mass is 32.1. The predicted molar refractivity (Wildman–Crippen MR) is 98.4 cm³/mol. The Bertz CT molecular complexity index is 982. The fourth-order valence-corrected chi connectivity index (χ4v) is 4.33. The number of nitro groups is 1. The lowest BCUT2D eigenvalue weighted by Crippen LogP contribution is -2.01. The first-order chi connectivity index (χ1) is 12.2. The molecule has 0 saturated carbocycles. The van der Waals surface area contributed by atoms with E-state index < -0.39 is 4.92 Å². The third kappa shape index (κ3) is 2.96. The van der Waals surface area contributed by atoms with Crippen LogP contribution in [0.15, 0.2) is 35.7 Å². The molecule has 8 heteroatoms. The Kier molecular flexibility index (Phi) is 4.10. The van der Waals surface area contributed by atoms with Crippen LogP contribution in [0.4, 0.5) is 11.5 Å².